The van der Waals surface area contributed by atoms with Crippen LogP contribution in [0.15, 0.2) is 0 Å². The normalized spacial score (nSPS) is 62.2. The Kier molecular flexibility index (Phi) is 5.01. The predicted molar refractivity (Wildman–Crippen MR) is 131 cm³/mol. The first-order chi connectivity index (χ1) is 14.8. The molecule has 0 saturated heterocycles. The van der Waals surface area contributed by atoms with Crippen LogP contribution in [-0.4, -0.2) is 17.5 Å². The molecular weight excluding hydrogens is 392 g/mol. The summed E-state index contributed by atoms with van der Waals surface area (Å²) in [6.45, 7) is 17.7. The molecule has 5 aliphatic carbocycles. The smallest absolute Gasteiger partial charge is 0.125 e. The second kappa shape index (κ2) is 6.86. The quantitative estimate of drug-likeness (QED) is 0.429. The predicted octanol–water partition coefficient (Wildman–Crippen LogP) is 7.43. The van der Waals surface area contributed by atoms with Crippen molar-refractivity contribution >= 4 is 6.29 Å². The van der Waals surface area contributed by atoms with Crippen LogP contribution in [0.5, 0.6) is 0 Å². The van der Waals surface area contributed by atoms with Crippen molar-refractivity contribution in [3.63, 3.8) is 0 Å². The molecule has 0 aromatic carbocycles. The van der Waals surface area contributed by atoms with E-state index in [1.807, 2.05) is 0 Å². The van der Waals surface area contributed by atoms with Gasteiger partial charge in [-0.25, -0.2) is 0 Å². The Morgan fingerprint density at radius 1 is 0.688 bits per heavy atom. The van der Waals surface area contributed by atoms with Gasteiger partial charge in [-0.15, -0.1) is 0 Å². The molecule has 0 aliphatic heterocycles. The van der Waals surface area contributed by atoms with Crippen molar-refractivity contribution in [3.8, 4) is 0 Å². The Morgan fingerprint density at radius 2 is 1.31 bits per heavy atom. The van der Waals surface area contributed by atoms with Gasteiger partial charge in [0.25, 0.3) is 0 Å². The molecule has 0 radical (unpaired) electrons. The first-order valence-corrected chi connectivity index (χ1v) is 13.9. The Balaban J connectivity index is 1.54. The molecule has 0 aromatic heterocycles. The fourth-order valence-electron chi connectivity index (χ4n) is 11.3. The lowest BCUT2D eigenvalue weighted by Crippen LogP contribution is -2.68. The molecule has 0 bridgehead atoms. The van der Waals surface area contributed by atoms with Crippen LogP contribution >= 0.6 is 0 Å². The van der Waals surface area contributed by atoms with Gasteiger partial charge in [-0.3, -0.25) is 0 Å². The highest BCUT2D eigenvalue weighted by atomic mass is 16.3. The van der Waals surface area contributed by atoms with E-state index in [1.54, 1.807) is 0 Å². The number of fused-ring (bicyclic) bond motifs is 7. The van der Waals surface area contributed by atoms with Crippen LogP contribution in [0.4, 0.5) is 0 Å². The fraction of sp³-hybridized carbons (Fsp3) is 0.967. The minimum absolute atomic E-state index is 0.112. The van der Waals surface area contributed by atoms with E-state index in [2.05, 4.69) is 48.5 Å². The van der Waals surface area contributed by atoms with Gasteiger partial charge in [0, 0.05) is 5.41 Å². The molecular formula is C30H50O2. The number of carbonyl (C=O) groups is 1. The molecule has 5 saturated carbocycles. The summed E-state index contributed by atoms with van der Waals surface area (Å²) in [4.78, 5) is 12.1. The van der Waals surface area contributed by atoms with Crippen molar-refractivity contribution < 1.29 is 9.90 Å². The van der Waals surface area contributed by atoms with Gasteiger partial charge in [0.15, 0.2) is 0 Å². The molecule has 32 heavy (non-hydrogen) atoms. The highest BCUT2D eigenvalue weighted by Gasteiger charge is 2.70. The molecule has 5 fully saturated rings. The number of rotatable bonds is 1. The molecule has 5 aliphatic rings. The van der Waals surface area contributed by atoms with Crippen LogP contribution in [0, 0.1) is 56.2 Å². The van der Waals surface area contributed by atoms with E-state index in [-0.39, 0.29) is 16.9 Å². The average molecular weight is 443 g/mol. The first kappa shape index (κ1) is 23.4. The third kappa shape index (κ3) is 2.71. The van der Waals surface area contributed by atoms with Crippen LogP contribution in [0.3, 0.4) is 0 Å². The summed E-state index contributed by atoms with van der Waals surface area (Å²) in [6.07, 6.45) is 14.8. The number of aliphatic hydroxyl groups excluding tert-OH is 1. The number of aldehydes is 1. The Labute approximate surface area is 197 Å². The zero-order valence-electron chi connectivity index (χ0n) is 22.1. The summed E-state index contributed by atoms with van der Waals surface area (Å²) in [5, 5.41) is 10.7. The SMILES string of the molecule is C[C@H]1[C@H](O)CC[C@@H]2[C@]1(C)CC[C@H]1[C@@]2(C)CC[C@@]2(C)[C@H]3C[C@@](C)(C=O)CC[C@]3(C)CC[C@]12C. The average Bonchev–Trinajstić information content (AvgIpc) is 2.75. The Morgan fingerprint density at radius 3 is 2.00 bits per heavy atom. The molecule has 182 valence electrons. The monoisotopic (exact) mass is 442 g/mol. The van der Waals surface area contributed by atoms with E-state index in [9.17, 15) is 9.90 Å². The third-order valence-corrected chi connectivity index (χ3v) is 14.0. The number of hydrogen-bond donors (Lipinski definition) is 1. The molecule has 0 aromatic rings. The van der Waals surface area contributed by atoms with E-state index < -0.39 is 0 Å². The topological polar surface area (TPSA) is 37.3 Å². The fourth-order valence-corrected chi connectivity index (χ4v) is 11.3. The minimum atomic E-state index is -0.119. The van der Waals surface area contributed by atoms with Crippen LogP contribution in [0.25, 0.3) is 0 Å². The summed E-state index contributed by atoms with van der Waals surface area (Å²) in [6, 6.07) is 0. The minimum Gasteiger partial charge on any atom is -0.393 e. The summed E-state index contributed by atoms with van der Waals surface area (Å²) < 4.78 is 0. The van der Waals surface area contributed by atoms with E-state index in [0.717, 1.165) is 31.1 Å². The highest BCUT2D eigenvalue weighted by Crippen LogP contribution is 2.78. The second-order valence-corrected chi connectivity index (χ2v) is 15.1. The molecule has 1 N–H and O–H groups in total. The highest BCUT2D eigenvalue weighted by molar-refractivity contribution is 5.59. The van der Waals surface area contributed by atoms with E-state index in [4.69, 9.17) is 0 Å². The molecule has 5 rings (SSSR count). The van der Waals surface area contributed by atoms with Gasteiger partial charge in [-0.05, 0) is 121 Å². The van der Waals surface area contributed by atoms with Gasteiger partial charge in [0.05, 0.1) is 6.10 Å². The maximum atomic E-state index is 12.1. The third-order valence-electron chi connectivity index (χ3n) is 14.0. The lowest BCUT2D eigenvalue weighted by molar-refractivity contribution is -0.262. The molecule has 11 atom stereocenters. The summed E-state index contributed by atoms with van der Waals surface area (Å²) >= 11 is 0. The maximum absolute atomic E-state index is 12.1. The molecule has 0 heterocycles. The summed E-state index contributed by atoms with van der Waals surface area (Å²) in [5.74, 6) is 2.61. The van der Waals surface area contributed by atoms with Crippen LogP contribution in [0.1, 0.15) is 119 Å². The lowest BCUT2D eigenvalue weighted by Gasteiger charge is -2.75. The maximum Gasteiger partial charge on any atom is 0.125 e. The van der Waals surface area contributed by atoms with Crippen molar-refractivity contribution in [3.05, 3.63) is 0 Å². The van der Waals surface area contributed by atoms with Crippen molar-refractivity contribution in [2.24, 2.45) is 56.2 Å². The second-order valence-electron chi connectivity index (χ2n) is 15.1. The molecule has 2 heteroatoms. The first-order valence-electron chi connectivity index (χ1n) is 13.9. The van der Waals surface area contributed by atoms with E-state index >= 15 is 0 Å². The van der Waals surface area contributed by atoms with Gasteiger partial charge in [0.1, 0.15) is 6.29 Å². The zero-order chi connectivity index (χ0) is 23.4. The van der Waals surface area contributed by atoms with Crippen molar-refractivity contribution in [1.29, 1.82) is 0 Å². The van der Waals surface area contributed by atoms with E-state index in [1.165, 1.54) is 57.7 Å². The van der Waals surface area contributed by atoms with Crippen LogP contribution in [-0.2, 0) is 4.79 Å². The lowest BCUT2D eigenvalue weighted by atomic mass is 9.30. The number of hydrogen-bond acceptors (Lipinski definition) is 2. The van der Waals surface area contributed by atoms with Gasteiger partial charge in [-0.1, -0.05) is 48.5 Å². The molecule has 0 unspecified atom stereocenters. The van der Waals surface area contributed by atoms with E-state index in [0.29, 0.717) is 33.5 Å². The number of aliphatic hydroxyl groups is 1. The Hall–Kier alpha value is -0.370. The standard InChI is InChI=1S/C30H50O2/c1-20-21(32)8-9-22-27(20,4)11-10-23-28(22,5)15-17-30(7)24-18-25(2,19-31)12-13-26(24,3)14-16-29(23,30)6/h19-24,32H,8-18H2,1-7H3/t20-,21+,22+,23-,24-,25-,26+,27+,28-,29+,30-/m0/s1. The van der Waals surface area contributed by atoms with Gasteiger partial charge in [0.2, 0.25) is 0 Å². The molecule has 2 nitrogen and oxygen atoms in total. The van der Waals surface area contributed by atoms with Crippen molar-refractivity contribution in [2.75, 3.05) is 0 Å². The largest absolute Gasteiger partial charge is 0.393 e. The van der Waals surface area contributed by atoms with Crippen molar-refractivity contribution in [1.82, 2.24) is 0 Å². The van der Waals surface area contributed by atoms with Crippen molar-refractivity contribution in [2.45, 2.75) is 125 Å². The molecule has 0 amide bonds. The van der Waals surface area contributed by atoms with Crippen LogP contribution < -0.4 is 0 Å². The van der Waals surface area contributed by atoms with Gasteiger partial charge in [-0.2, -0.15) is 0 Å². The summed E-state index contributed by atoms with van der Waals surface area (Å²) in [5.41, 5.74) is 1.68. The molecule has 0 spiro atoms. The van der Waals surface area contributed by atoms with Gasteiger partial charge >= 0.3 is 0 Å². The van der Waals surface area contributed by atoms with Gasteiger partial charge < -0.3 is 9.90 Å². The van der Waals surface area contributed by atoms with Crippen LogP contribution in [0.2, 0.25) is 0 Å². The number of carbonyl (C=O) groups excluding carboxylic acids is 1. The Bertz CT molecular complexity index is 792. The summed E-state index contributed by atoms with van der Waals surface area (Å²) in [7, 11) is 0. The zero-order valence-corrected chi connectivity index (χ0v) is 22.1.